The van der Waals surface area contributed by atoms with Crippen LogP contribution >= 0.6 is 34.9 Å². The number of hydrogen-bond acceptors (Lipinski definition) is 8. The largest absolute Gasteiger partial charge is 0.339 e. The number of amides is 1. The minimum absolute atomic E-state index is 0.0416. The second kappa shape index (κ2) is 9.02. The van der Waals surface area contributed by atoms with Crippen molar-refractivity contribution in [2.75, 3.05) is 30.3 Å². The van der Waals surface area contributed by atoms with Crippen molar-refractivity contribution in [3.05, 3.63) is 23.8 Å². The lowest BCUT2D eigenvalue weighted by molar-refractivity contribution is 0.0693. The third-order valence-electron chi connectivity index (χ3n) is 4.59. The number of nitrogens with zero attached hydrogens (tertiary/aromatic N) is 3. The Balaban J connectivity index is 1.88. The summed E-state index contributed by atoms with van der Waals surface area (Å²) in [7, 11) is -3.86. The van der Waals surface area contributed by atoms with Gasteiger partial charge >= 0.3 is 0 Å². The Morgan fingerprint density at radius 1 is 1.21 bits per heavy atom. The molecule has 2 aromatic rings. The van der Waals surface area contributed by atoms with Gasteiger partial charge in [-0.3, -0.25) is 9.52 Å². The van der Waals surface area contributed by atoms with E-state index in [1.165, 1.54) is 47.0 Å². The molecule has 0 radical (unpaired) electrons. The van der Waals surface area contributed by atoms with Gasteiger partial charge in [-0.15, -0.1) is 22.0 Å². The molecule has 0 aliphatic carbocycles. The van der Waals surface area contributed by atoms with Crippen molar-refractivity contribution < 1.29 is 13.2 Å². The lowest BCUT2D eigenvalue weighted by Crippen LogP contribution is -2.38. The van der Waals surface area contributed by atoms with Gasteiger partial charge < -0.3 is 4.90 Å². The minimum Gasteiger partial charge on any atom is -0.339 e. The molecule has 1 amide bonds. The fourth-order valence-corrected chi connectivity index (χ4v) is 5.91. The van der Waals surface area contributed by atoms with Crippen LogP contribution in [-0.4, -0.2) is 55.0 Å². The van der Waals surface area contributed by atoms with Crippen molar-refractivity contribution in [1.82, 2.24) is 15.1 Å². The second-order valence-electron chi connectivity index (χ2n) is 6.52. The maximum atomic E-state index is 13.0. The Hall–Kier alpha value is -1.30. The summed E-state index contributed by atoms with van der Waals surface area (Å²) in [5.74, 6) is 0.493. The number of carbonyl (C=O) groups excluding carboxylic acids is 1. The first-order valence-corrected chi connectivity index (χ1v) is 13.5. The lowest BCUT2D eigenvalue weighted by atomic mass is 9.98. The molecule has 2 heterocycles. The zero-order chi connectivity index (χ0) is 20.3. The van der Waals surface area contributed by atoms with Gasteiger partial charge in [0.25, 0.3) is 15.9 Å². The lowest BCUT2D eigenvalue weighted by Gasteiger charge is -2.30. The number of benzene rings is 1. The molecule has 1 fully saturated rings. The molecular weight excluding hydrogens is 436 g/mol. The summed E-state index contributed by atoms with van der Waals surface area (Å²) in [6, 6.07) is 4.66. The number of rotatable bonds is 6. The first-order chi connectivity index (χ1) is 13.3. The van der Waals surface area contributed by atoms with Gasteiger partial charge in [0, 0.05) is 18.0 Å². The molecule has 0 spiro atoms. The number of piperidine rings is 1. The smallest absolute Gasteiger partial charge is 0.263 e. The third kappa shape index (κ3) is 4.81. The topological polar surface area (TPSA) is 92.3 Å². The zero-order valence-corrected chi connectivity index (χ0v) is 19.1. The fourth-order valence-electron chi connectivity index (χ4n) is 2.91. The molecule has 3 rings (SSSR count). The van der Waals surface area contributed by atoms with Gasteiger partial charge in [0.2, 0.25) is 5.13 Å². The number of hydrogen-bond donors (Lipinski definition) is 1. The average Bonchev–Trinajstić information content (AvgIpc) is 3.14. The van der Waals surface area contributed by atoms with E-state index in [1.807, 2.05) is 17.4 Å². The van der Waals surface area contributed by atoms with E-state index in [2.05, 4.69) is 21.8 Å². The Bertz CT molecular complexity index is 953. The van der Waals surface area contributed by atoms with E-state index >= 15 is 0 Å². The highest BCUT2D eigenvalue weighted by Crippen LogP contribution is 2.29. The zero-order valence-electron chi connectivity index (χ0n) is 15.8. The van der Waals surface area contributed by atoms with Crippen LogP contribution in [-0.2, 0) is 10.0 Å². The normalized spacial score (nSPS) is 15.6. The van der Waals surface area contributed by atoms with Crippen molar-refractivity contribution in [3.8, 4) is 0 Å². The number of nitrogens with one attached hydrogen (secondary N) is 1. The van der Waals surface area contributed by atoms with Gasteiger partial charge in [-0.1, -0.05) is 30.0 Å². The molecule has 1 aliphatic rings. The number of sulfonamides is 1. The van der Waals surface area contributed by atoms with Gasteiger partial charge in [0.15, 0.2) is 4.34 Å². The molecule has 28 heavy (non-hydrogen) atoms. The summed E-state index contributed by atoms with van der Waals surface area (Å²) in [6.07, 6.45) is 5.66. The molecule has 7 nitrogen and oxygen atoms in total. The van der Waals surface area contributed by atoms with E-state index in [0.717, 1.165) is 17.7 Å². The van der Waals surface area contributed by atoms with Gasteiger partial charge in [-0.2, -0.15) is 0 Å². The highest BCUT2D eigenvalue weighted by Gasteiger charge is 2.26. The highest BCUT2D eigenvalue weighted by molar-refractivity contribution is 8.00. The van der Waals surface area contributed by atoms with E-state index in [9.17, 15) is 13.2 Å². The number of carbonyl (C=O) groups is 1. The Morgan fingerprint density at radius 2 is 1.93 bits per heavy atom. The van der Waals surface area contributed by atoms with Crippen LogP contribution in [0, 0.1) is 5.92 Å². The van der Waals surface area contributed by atoms with E-state index in [0.29, 0.717) is 28.9 Å². The molecule has 1 aromatic heterocycles. The van der Waals surface area contributed by atoms with Crippen LogP contribution in [0.1, 0.15) is 30.1 Å². The van der Waals surface area contributed by atoms with Gasteiger partial charge in [0.1, 0.15) is 0 Å². The summed E-state index contributed by atoms with van der Waals surface area (Å²) in [4.78, 5) is 15.7. The summed E-state index contributed by atoms with van der Waals surface area (Å²) in [5, 5.41) is 7.95. The Labute approximate surface area is 177 Å². The number of likely N-dealkylation sites (tertiary alicyclic amines) is 1. The van der Waals surface area contributed by atoms with Crippen LogP contribution in [0.2, 0.25) is 0 Å². The molecule has 1 aromatic carbocycles. The van der Waals surface area contributed by atoms with Gasteiger partial charge in [0.05, 0.1) is 10.5 Å². The van der Waals surface area contributed by atoms with Crippen molar-refractivity contribution in [2.45, 2.75) is 33.9 Å². The minimum atomic E-state index is -3.86. The van der Waals surface area contributed by atoms with Crippen LogP contribution < -0.4 is 4.72 Å². The van der Waals surface area contributed by atoms with Crippen LogP contribution in [0.3, 0.4) is 0 Å². The standard InChI is InChI=1S/C17H22N4O3S4/c1-11-6-8-21(9-7-11)15(22)13-10-12(4-5-14(13)25-2)28(23,24)20-16-18-19-17(26-3)27-16/h4-5,10-11H,6-9H2,1-3H3,(H,18,20). The highest BCUT2D eigenvalue weighted by atomic mass is 32.2. The average molecular weight is 459 g/mol. The summed E-state index contributed by atoms with van der Waals surface area (Å²) in [6.45, 7) is 3.58. The molecule has 0 saturated carbocycles. The van der Waals surface area contributed by atoms with Gasteiger partial charge in [-0.25, -0.2) is 8.42 Å². The molecule has 0 unspecified atom stereocenters. The molecule has 1 N–H and O–H groups in total. The molecule has 11 heteroatoms. The number of anilines is 1. The van der Waals surface area contributed by atoms with Gasteiger partial charge in [-0.05, 0) is 49.5 Å². The maximum Gasteiger partial charge on any atom is 0.263 e. The van der Waals surface area contributed by atoms with Crippen molar-refractivity contribution in [3.63, 3.8) is 0 Å². The quantitative estimate of drug-likeness (QED) is 0.661. The monoisotopic (exact) mass is 458 g/mol. The first-order valence-electron chi connectivity index (χ1n) is 8.71. The maximum absolute atomic E-state index is 13.0. The second-order valence-corrected chi connectivity index (χ2v) is 11.1. The predicted molar refractivity (Wildman–Crippen MR) is 115 cm³/mol. The molecule has 0 bridgehead atoms. The van der Waals surface area contributed by atoms with E-state index in [-0.39, 0.29) is 15.9 Å². The van der Waals surface area contributed by atoms with Crippen molar-refractivity contribution >= 4 is 55.9 Å². The van der Waals surface area contributed by atoms with E-state index in [1.54, 1.807) is 6.07 Å². The van der Waals surface area contributed by atoms with Crippen LogP contribution in [0.5, 0.6) is 0 Å². The predicted octanol–water partition coefficient (Wildman–Crippen LogP) is 3.65. The summed E-state index contributed by atoms with van der Waals surface area (Å²) in [5.41, 5.74) is 0.423. The third-order valence-corrected chi connectivity index (χ3v) is 8.66. The van der Waals surface area contributed by atoms with Crippen LogP contribution in [0.4, 0.5) is 5.13 Å². The molecular formula is C17H22N4O3S4. The Morgan fingerprint density at radius 3 is 2.54 bits per heavy atom. The summed E-state index contributed by atoms with van der Waals surface area (Å²) < 4.78 is 28.7. The SMILES string of the molecule is CSc1nnc(NS(=O)(=O)c2ccc(SC)c(C(=O)N3CCC(C)CC3)c2)s1. The molecule has 152 valence electrons. The fraction of sp³-hybridized carbons (Fsp3) is 0.471. The van der Waals surface area contributed by atoms with Crippen molar-refractivity contribution in [1.29, 1.82) is 0 Å². The van der Waals surface area contributed by atoms with Crippen LogP contribution in [0.25, 0.3) is 0 Å². The first kappa shape index (κ1) is 21.4. The molecule has 1 aliphatic heterocycles. The Kier molecular flexibility index (Phi) is 6.89. The number of aromatic nitrogens is 2. The van der Waals surface area contributed by atoms with Crippen LogP contribution in [0.15, 0.2) is 32.3 Å². The number of thioether (sulfide) groups is 2. The molecule has 1 saturated heterocycles. The van der Waals surface area contributed by atoms with E-state index in [4.69, 9.17) is 0 Å². The summed E-state index contributed by atoms with van der Waals surface area (Å²) >= 11 is 3.99. The molecule has 0 atom stereocenters. The van der Waals surface area contributed by atoms with Crippen molar-refractivity contribution in [2.24, 2.45) is 5.92 Å². The van der Waals surface area contributed by atoms with E-state index < -0.39 is 10.0 Å².